The molecule has 0 aromatic heterocycles. The smallest absolute Gasteiger partial charge is 0.422 e. The van der Waals surface area contributed by atoms with Crippen molar-refractivity contribution in [3.8, 4) is 5.75 Å². The van der Waals surface area contributed by atoms with Crippen LogP contribution < -0.4 is 10.1 Å². The van der Waals surface area contributed by atoms with Crippen LogP contribution in [-0.2, 0) is 4.79 Å². The maximum Gasteiger partial charge on any atom is 0.422 e. The molecule has 2 amide bonds. The quantitative estimate of drug-likeness (QED) is 0.810. The number of carboxylic acids is 1. The van der Waals surface area contributed by atoms with Gasteiger partial charge >= 0.3 is 18.2 Å². The molecule has 1 aliphatic rings. The van der Waals surface area contributed by atoms with Crippen LogP contribution in [0.15, 0.2) is 24.3 Å². The Labute approximate surface area is 155 Å². The Hall–Kier alpha value is -2.45. The number of nitrogens with one attached hydrogen (secondary N) is 1. The molecular formula is C18H23F3N2O4. The first-order valence-electron chi connectivity index (χ1n) is 8.63. The summed E-state index contributed by atoms with van der Waals surface area (Å²) in [5.41, 5.74) is 0.697. The maximum absolute atomic E-state index is 12.4. The first-order valence-corrected chi connectivity index (χ1v) is 8.63. The van der Waals surface area contributed by atoms with E-state index in [9.17, 15) is 27.9 Å². The summed E-state index contributed by atoms with van der Waals surface area (Å²) in [6, 6.07) is 5.22. The lowest BCUT2D eigenvalue weighted by molar-refractivity contribution is -0.153. The van der Waals surface area contributed by atoms with Crippen LogP contribution in [0.3, 0.4) is 0 Å². The van der Waals surface area contributed by atoms with Gasteiger partial charge in [0.15, 0.2) is 6.61 Å². The van der Waals surface area contributed by atoms with Gasteiger partial charge in [-0.1, -0.05) is 19.1 Å². The van der Waals surface area contributed by atoms with Gasteiger partial charge in [0.25, 0.3) is 0 Å². The Balaban J connectivity index is 1.92. The molecule has 1 aromatic rings. The summed E-state index contributed by atoms with van der Waals surface area (Å²) >= 11 is 0. The zero-order chi connectivity index (χ0) is 20.2. The molecule has 0 aliphatic carbocycles. The molecule has 150 valence electrons. The molecular weight excluding hydrogens is 365 g/mol. The highest BCUT2D eigenvalue weighted by molar-refractivity contribution is 5.77. The number of carbonyl (C=O) groups is 2. The van der Waals surface area contributed by atoms with Gasteiger partial charge in [-0.15, -0.1) is 0 Å². The lowest BCUT2D eigenvalue weighted by Gasteiger charge is -2.35. The van der Waals surface area contributed by atoms with Crippen molar-refractivity contribution in [2.24, 2.45) is 11.8 Å². The third-order valence-electron chi connectivity index (χ3n) is 4.42. The predicted octanol–water partition coefficient (Wildman–Crippen LogP) is 3.44. The number of hydrogen-bond acceptors (Lipinski definition) is 3. The number of ether oxygens (including phenoxy) is 1. The van der Waals surface area contributed by atoms with E-state index in [1.807, 2.05) is 6.92 Å². The molecule has 0 radical (unpaired) electrons. The molecule has 1 fully saturated rings. The highest BCUT2D eigenvalue weighted by Crippen LogP contribution is 2.24. The Morgan fingerprint density at radius 2 is 1.93 bits per heavy atom. The van der Waals surface area contributed by atoms with Gasteiger partial charge in [-0.05, 0) is 37.0 Å². The molecule has 1 aromatic carbocycles. The van der Waals surface area contributed by atoms with Crippen LogP contribution in [0.4, 0.5) is 18.0 Å². The minimum Gasteiger partial charge on any atom is -0.484 e. The molecule has 1 saturated heterocycles. The van der Waals surface area contributed by atoms with Gasteiger partial charge in [0.1, 0.15) is 5.75 Å². The molecule has 2 rings (SSSR count). The zero-order valence-electron chi connectivity index (χ0n) is 15.1. The average Bonchev–Trinajstić information content (AvgIpc) is 2.59. The lowest BCUT2D eigenvalue weighted by atomic mass is 9.91. The highest BCUT2D eigenvalue weighted by Gasteiger charge is 2.32. The fourth-order valence-electron chi connectivity index (χ4n) is 3.07. The van der Waals surface area contributed by atoms with Crippen molar-refractivity contribution in [2.75, 3.05) is 19.7 Å². The molecule has 0 spiro atoms. The van der Waals surface area contributed by atoms with E-state index in [4.69, 9.17) is 0 Å². The number of amides is 2. The van der Waals surface area contributed by atoms with Gasteiger partial charge in [0.2, 0.25) is 0 Å². The number of aliphatic carboxylic acids is 1. The Kier molecular flexibility index (Phi) is 6.56. The molecule has 1 aliphatic heterocycles. The summed E-state index contributed by atoms with van der Waals surface area (Å²) in [7, 11) is 0. The number of carboxylic acid groups (broad SMARTS) is 1. The van der Waals surface area contributed by atoms with Crippen LogP contribution in [0.25, 0.3) is 0 Å². The molecule has 3 unspecified atom stereocenters. The Morgan fingerprint density at radius 3 is 2.48 bits per heavy atom. The van der Waals surface area contributed by atoms with Crippen molar-refractivity contribution in [3.63, 3.8) is 0 Å². The van der Waals surface area contributed by atoms with Crippen LogP contribution in [-0.4, -0.2) is 47.9 Å². The van der Waals surface area contributed by atoms with Crippen LogP contribution in [0, 0.1) is 11.8 Å². The number of benzene rings is 1. The molecule has 9 heteroatoms. The number of piperidine rings is 1. The number of alkyl halides is 3. The highest BCUT2D eigenvalue weighted by atomic mass is 19.4. The summed E-state index contributed by atoms with van der Waals surface area (Å²) in [5.74, 6) is -1.32. The van der Waals surface area contributed by atoms with Crippen molar-refractivity contribution in [1.29, 1.82) is 0 Å². The van der Waals surface area contributed by atoms with Gasteiger partial charge in [0.05, 0.1) is 12.0 Å². The Morgan fingerprint density at radius 1 is 1.30 bits per heavy atom. The second-order valence-electron chi connectivity index (χ2n) is 6.93. The summed E-state index contributed by atoms with van der Waals surface area (Å²) in [5, 5.41) is 12.0. The number of likely N-dealkylation sites (tertiary alicyclic amines) is 1. The van der Waals surface area contributed by atoms with Gasteiger partial charge in [-0.2, -0.15) is 13.2 Å². The largest absolute Gasteiger partial charge is 0.484 e. The number of urea groups is 1. The van der Waals surface area contributed by atoms with Crippen molar-refractivity contribution < 1.29 is 32.6 Å². The number of nitrogens with zero attached hydrogens (tertiary/aromatic N) is 1. The fraction of sp³-hybridized carbons (Fsp3) is 0.556. The van der Waals surface area contributed by atoms with E-state index in [-0.39, 0.29) is 24.2 Å². The molecule has 6 nitrogen and oxygen atoms in total. The monoisotopic (exact) mass is 388 g/mol. The molecule has 27 heavy (non-hydrogen) atoms. The summed E-state index contributed by atoms with van der Waals surface area (Å²) in [6.07, 6.45) is -3.87. The topological polar surface area (TPSA) is 78.9 Å². The van der Waals surface area contributed by atoms with Crippen LogP contribution in [0.5, 0.6) is 5.75 Å². The molecule has 2 N–H and O–H groups in total. The normalized spacial score (nSPS) is 21.4. The minimum atomic E-state index is -4.40. The zero-order valence-corrected chi connectivity index (χ0v) is 15.1. The van der Waals surface area contributed by atoms with E-state index < -0.39 is 30.7 Å². The van der Waals surface area contributed by atoms with Crippen LogP contribution in [0.2, 0.25) is 0 Å². The summed E-state index contributed by atoms with van der Waals surface area (Å²) < 4.78 is 41.1. The number of halogens is 3. The van der Waals surface area contributed by atoms with Gasteiger partial charge in [-0.25, -0.2) is 4.79 Å². The minimum absolute atomic E-state index is 0.0868. The van der Waals surface area contributed by atoms with Crippen molar-refractivity contribution >= 4 is 12.0 Å². The SMILES string of the molecule is CC1CC(C(=O)O)CN(C(=O)NC(C)c2ccc(OCC(F)(F)F)cc2)C1. The third-order valence-corrected chi connectivity index (χ3v) is 4.42. The van der Waals surface area contributed by atoms with Crippen LogP contribution in [0.1, 0.15) is 31.9 Å². The molecule has 0 bridgehead atoms. The first kappa shape index (κ1) is 20.9. The number of rotatable bonds is 5. The van der Waals surface area contributed by atoms with E-state index in [1.165, 1.54) is 17.0 Å². The maximum atomic E-state index is 12.4. The standard InChI is InChI=1S/C18H23F3N2O4/c1-11-7-14(16(24)25)9-23(8-11)17(26)22-12(2)13-3-5-15(6-4-13)27-10-18(19,20)21/h3-6,11-12,14H,7-10H2,1-2H3,(H,22,26)(H,24,25). The third kappa shape index (κ3) is 6.33. The molecule has 0 saturated carbocycles. The second kappa shape index (κ2) is 8.49. The average molecular weight is 388 g/mol. The molecule has 3 atom stereocenters. The van der Waals surface area contributed by atoms with E-state index in [0.29, 0.717) is 18.5 Å². The van der Waals surface area contributed by atoms with E-state index in [2.05, 4.69) is 10.1 Å². The second-order valence-corrected chi connectivity index (χ2v) is 6.93. The number of hydrogen-bond donors (Lipinski definition) is 2. The molecule has 1 heterocycles. The lowest BCUT2D eigenvalue weighted by Crippen LogP contribution is -2.49. The van der Waals surface area contributed by atoms with E-state index in [0.717, 1.165) is 0 Å². The predicted molar refractivity (Wildman–Crippen MR) is 91.4 cm³/mol. The van der Waals surface area contributed by atoms with Gasteiger partial charge in [-0.3, -0.25) is 4.79 Å². The fourth-order valence-corrected chi connectivity index (χ4v) is 3.07. The van der Waals surface area contributed by atoms with Gasteiger partial charge < -0.3 is 20.1 Å². The summed E-state index contributed by atoms with van der Waals surface area (Å²) in [6.45, 7) is 2.91. The number of carbonyl (C=O) groups excluding carboxylic acids is 1. The van der Waals surface area contributed by atoms with Crippen molar-refractivity contribution in [3.05, 3.63) is 29.8 Å². The van der Waals surface area contributed by atoms with E-state index in [1.54, 1.807) is 19.1 Å². The van der Waals surface area contributed by atoms with Gasteiger partial charge in [0, 0.05) is 13.1 Å². The first-order chi connectivity index (χ1) is 12.5. The van der Waals surface area contributed by atoms with Crippen molar-refractivity contribution in [2.45, 2.75) is 32.5 Å². The van der Waals surface area contributed by atoms with Crippen LogP contribution >= 0.6 is 0 Å². The van der Waals surface area contributed by atoms with Crippen molar-refractivity contribution in [1.82, 2.24) is 10.2 Å². The Bertz CT molecular complexity index is 664. The summed E-state index contributed by atoms with van der Waals surface area (Å²) in [4.78, 5) is 25.2. The van der Waals surface area contributed by atoms with E-state index >= 15 is 0 Å².